The van der Waals surface area contributed by atoms with Gasteiger partial charge in [0.15, 0.2) is 5.78 Å². The Morgan fingerprint density at radius 2 is 2.18 bits per heavy atom. The molecule has 92 valence electrons. The molecule has 1 aromatic rings. The van der Waals surface area contributed by atoms with Crippen molar-refractivity contribution in [2.45, 2.75) is 38.6 Å². The SMILES string of the molecule is Cc1ccc(F)c(C2(N)C[C@@H](C)CCC2=O)c1. The zero-order valence-electron chi connectivity index (χ0n) is 10.3. The number of Topliss-reactive ketones (excluding diaryl/α,β-unsaturated/α-hetero) is 1. The molecule has 1 aliphatic carbocycles. The monoisotopic (exact) mass is 235 g/mol. The molecule has 2 N–H and O–H groups in total. The average molecular weight is 235 g/mol. The van der Waals surface area contributed by atoms with Crippen LogP contribution in [-0.2, 0) is 10.3 Å². The first kappa shape index (κ1) is 12.2. The summed E-state index contributed by atoms with van der Waals surface area (Å²) in [7, 11) is 0. The fraction of sp³-hybridized carbons (Fsp3) is 0.500. The number of benzene rings is 1. The van der Waals surface area contributed by atoms with Crippen LogP contribution in [0.4, 0.5) is 4.39 Å². The largest absolute Gasteiger partial charge is 0.315 e. The third-order valence-corrected chi connectivity index (χ3v) is 3.63. The predicted octanol–water partition coefficient (Wildman–Crippen LogP) is 2.68. The first-order valence-corrected chi connectivity index (χ1v) is 6.02. The van der Waals surface area contributed by atoms with E-state index >= 15 is 0 Å². The number of carbonyl (C=O) groups is 1. The Hall–Kier alpha value is -1.22. The lowest BCUT2D eigenvalue weighted by atomic mass is 9.72. The van der Waals surface area contributed by atoms with Crippen molar-refractivity contribution in [2.24, 2.45) is 11.7 Å². The number of halogens is 1. The zero-order valence-corrected chi connectivity index (χ0v) is 10.3. The lowest BCUT2D eigenvalue weighted by Gasteiger charge is -2.36. The predicted molar refractivity (Wildman–Crippen MR) is 65.0 cm³/mol. The second-order valence-electron chi connectivity index (χ2n) is 5.23. The van der Waals surface area contributed by atoms with Gasteiger partial charge in [-0.1, -0.05) is 24.6 Å². The van der Waals surface area contributed by atoms with Crippen molar-refractivity contribution in [1.82, 2.24) is 0 Å². The summed E-state index contributed by atoms with van der Waals surface area (Å²) in [6, 6.07) is 4.79. The highest BCUT2D eigenvalue weighted by molar-refractivity contribution is 5.90. The summed E-state index contributed by atoms with van der Waals surface area (Å²) in [6.45, 7) is 3.94. The van der Waals surface area contributed by atoms with Gasteiger partial charge in [-0.2, -0.15) is 0 Å². The second kappa shape index (κ2) is 4.22. The molecule has 0 saturated heterocycles. The fourth-order valence-corrected chi connectivity index (χ4v) is 2.61. The lowest BCUT2D eigenvalue weighted by Crippen LogP contribution is -2.49. The topological polar surface area (TPSA) is 43.1 Å². The van der Waals surface area contributed by atoms with Crippen molar-refractivity contribution in [1.29, 1.82) is 0 Å². The van der Waals surface area contributed by atoms with E-state index in [-0.39, 0.29) is 11.6 Å². The number of nitrogens with two attached hydrogens (primary N) is 1. The molecule has 0 spiro atoms. The first-order chi connectivity index (χ1) is 7.93. The molecule has 2 rings (SSSR count). The van der Waals surface area contributed by atoms with Crippen LogP contribution >= 0.6 is 0 Å². The highest BCUT2D eigenvalue weighted by Crippen LogP contribution is 2.36. The van der Waals surface area contributed by atoms with Gasteiger partial charge in [0.05, 0.1) is 0 Å². The van der Waals surface area contributed by atoms with E-state index in [4.69, 9.17) is 5.73 Å². The minimum absolute atomic E-state index is 0.0416. The minimum atomic E-state index is -1.13. The van der Waals surface area contributed by atoms with Crippen LogP contribution < -0.4 is 5.73 Å². The molecule has 0 heterocycles. The van der Waals surface area contributed by atoms with Crippen molar-refractivity contribution in [3.8, 4) is 0 Å². The van der Waals surface area contributed by atoms with E-state index < -0.39 is 5.54 Å². The molecule has 17 heavy (non-hydrogen) atoms. The molecule has 1 fully saturated rings. The summed E-state index contributed by atoms with van der Waals surface area (Å²) in [5.41, 5.74) is 6.35. The van der Waals surface area contributed by atoms with Gasteiger partial charge in [-0.05, 0) is 31.7 Å². The molecule has 1 saturated carbocycles. The van der Waals surface area contributed by atoms with E-state index in [1.54, 1.807) is 12.1 Å². The average Bonchev–Trinajstić information content (AvgIpc) is 2.27. The number of carbonyl (C=O) groups excluding carboxylic acids is 1. The van der Waals surface area contributed by atoms with Gasteiger partial charge in [0, 0.05) is 12.0 Å². The van der Waals surface area contributed by atoms with Gasteiger partial charge in [-0.25, -0.2) is 4.39 Å². The molecule has 1 aliphatic rings. The summed E-state index contributed by atoms with van der Waals surface area (Å²) >= 11 is 0. The quantitative estimate of drug-likeness (QED) is 0.813. The highest BCUT2D eigenvalue weighted by Gasteiger charge is 2.41. The molecule has 0 amide bonds. The summed E-state index contributed by atoms with van der Waals surface area (Å²) in [4.78, 5) is 12.0. The summed E-state index contributed by atoms with van der Waals surface area (Å²) < 4.78 is 13.9. The summed E-state index contributed by atoms with van der Waals surface area (Å²) in [5, 5.41) is 0. The van der Waals surface area contributed by atoms with Crippen molar-refractivity contribution >= 4 is 5.78 Å². The Morgan fingerprint density at radius 3 is 2.88 bits per heavy atom. The molecule has 2 nitrogen and oxygen atoms in total. The maximum atomic E-state index is 13.9. The van der Waals surface area contributed by atoms with E-state index in [0.717, 1.165) is 12.0 Å². The molecule has 0 radical (unpaired) electrons. The molecule has 0 aromatic heterocycles. The number of rotatable bonds is 1. The van der Waals surface area contributed by atoms with Crippen LogP contribution in [-0.4, -0.2) is 5.78 Å². The van der Waals surface area contributed by atoms with Gasteiger partial charge in [-0.3, -0.25) is 4.79 Å². The van der Waals surface area contributed by atoms with Gasteiger partial charge in [0.1, 0.15) is 11.4 Å². The second-order valence-corrected chi connectivity index (χ2v) is 5.23. The van der Waals surface area contributed by atoms with Crippen LogP contribution in [0.5, 0.6) is 0 Å². The van der Waals surface area contributed by atoms with Crippen LogP contribution in [0.3, 0.4) is 0 Å². The van der Waals surface area contributed by atoms with Crippen LogP contribution in [0, 0.1) is 18.7 Å². The van der Waals surface area contributed by atoms with Crippen molar-refractivity contribution in [2.75, 3.05) is 0 Å². The smallest absolute Gasteiger partial charge is 0.157 e. The van der Waals surface area contributed by atoms with Crippen LogP contribution in [0.25, 0.3) is 0 Å². The standard InChI is InChI=1S/C14H18FNO/c1-9-3-5-12(15)11(7-9)14(16)8-10(2)4-6-13(14)17/h3,5,7,10H,4,6,8,16H2,1-2H3/t10-,14?/m0/s1. The molecular weight excluding hydrogens is 217 g/mol. The zero-order chi connectivity index (χ0) is 12.6. The third kappa shape index (κ3) is 2.12. The number of hydrogen-bond donors (Lipinski definition) is 1. The summed E-state index contributed by atoms with van der Waals surface area (Å²) in [6.07, 6.45) is 1.84. The Kier molecular flexibility index (Phi) is 3.04. The Bertz CT molecular complexity index is 458. The normalized spacial score (nSPS) is 29.4. The number of hydrogen-bond acceptors (Lipinski definition) is 2. The molecule has 0 aliphatic heterocycles. The molecule has 1 aromatic carbocycles. The van der Waals surface area contributed by atoms with Gasteiger partial charge < -0.3 is 5.73 Å². The van der Waals surface area contributed by atoms with Crippen LogP contribution in [0.2, 0.25) is 0 Å². The van der Waals surface area contributed by atoms with Gasteiger partial charge >= 0.3 is 0 Å². The van der Waals surface area contributed by atoms with Gasteiger partial charge in [0.2, 0.25) is 0 Å². The van der Waals surface area contributed by atoms with Crippen LogP contribution in [0.15, 0.2) is 18.2 Å². The van der Waals surface area contributed by atoms with E-state index in [1.165, 1.54) is 6.07 Å². The van der Waals surface area contributed by atoms with Crippen molar-refractivity contribution < 1.29 is 9.18 Å². The van der Waals surface area contributed by atoms with E-state index in [1.807, 2.05) is 6.92 Å². The minimum Gasteiger partial charge on any atom is -0.315 e. The Labute approximate surface area is 101 Å². The van der Waals surface area contributed by atoms with Gasteiger partial charge in [-0.15, -0.1) is 0 Å². The fourth-order valence-electron chi connectivity index (χ4n) is 2.61. The number of aryl methyl sites for hydroxylation is 1. The highest BCUT2D eigenvalue weighted by atomic mass is 19.1. The van der Waals surface area contributed by atoms with Gasteiger partial charge in [0.25, 0.3) is 0 Å². The molecule has 0 bridgehead atoms. The maximum absolute atomic E-state index is 13.9. The maximum Gasteiger partial charge on any atom is 0.157 e. The lowest BCUT2D eigenvalue weighted by molar-refractivity contribution is -0.127. The molecule has 3 heteroatoms. The van der Waals surface area contributed by atoms with E-state index in [2.05, 4.69) is 6.92 Å². The van der Waals surface area contributed by atoms with Crippen molar-refractivity contribution in [3.05, 3.63) is 35.1 Å². The third-order valence-electron chi connectivity index (χ3n) is 3.63. The van der Waals surface area contributed by atoms with Crippen LogP contribution in [0.1, 0.15) is 37.3 Å². The molecule has 2 atom stereocenters. The Balaban J connectivity index is 2.48. The van der Waals surface area contributed by atoms with Crippen molar-refractivity contribution in [3.63, 3.8) is 0 Å². The Morgan fingerprint density at radius 1 is 1.47 bits per heavy atom. The summed E-state index contributed by atoms with van der Waals surface area (Å²) in [5.74, 6) is -0.0572. The number of ketones is 1. The molecule has 1 unspecified atom stereocenters. The first-order valence-electron chi connectivity index (χ1n) is 6.02. The van der Waals surface area contributed by atoms with E-state index in [9.17, 15) is 9.18 Å². The molecular formula is C14H18FNO. The van der Waals surface area contributed by atoms with E-state index in [0.29, 0.717) is 24.3 Å².